The SMILES string of the molecule is CCC1(CNc2snc(N)c2C(=O)NC2CC2)CC1. The highest BCUT2D eigenvalue weighted by molar-refractivity contribution is 7.11. The van der Waals surface area contributed by atoms with Crippen LogP contribution in [0, 0.1) is 5.41 Å². The third-order valence-corrected chi connectivity index (χ3v) is 5.01. The molecular weight excluding hydrogens is 260 g/mol. The number of aromatic nitrogens is 1. The van der Waals surface area contributed by atoms with Crippen LogP contribution in [0.5, 0.6) is 0 Å². The normalized spacial score (nSPS) is 20.1. The Kier molecular flexibility index (Phi) is 3.12. The van der Waals surface area contributed by atoms with Crippen LogP contribution in [-0.2, 0) is 0 Å². The summed E-state index contributed by atoms with van der Waals surface area (Å²) in [6.45, 7) is 3.13. The van der Waals surface area contributed by atoms with Gasteiger partial charge in [-0.25, -0.2) is 0 Å². The topological polar surface area (TPSA) is 80.0 Å². The molecule has 0 bridgehead atoms. The number of hydrogen-bond acceptors (Lipinski definition) is 5. The van der Waals surface area contributed by atoms with Gasteiger partial charge in [0.2, 0.25) is 0 Å². The first-order valence-corrected chi connectivity index (χ1v) is 7.71. The molecule has 2 fully saturated rings. The van der Waals surface area contributed by atoms with Crippen molar-refractivity contribution in [2.45, 2.75) is 45.1 Å². The van der Waals surface area contributed by atoms with E-state index in [2.05, 4.69) is 21.9 Å². The first kappa shape index (κ1) is 12.7. The van der Waals surface area contributed by atoms with Crippen molar-refractivity contribution < 1.29 is 4.79 Å². The first-order valence-electron chi connectivity index (χ1n) is 6.93. The molecule has 0 atom stereocenters. The zero-order chi connectivity index (χ0) is 13.5. The number of hydrogen-bond donors (Lipinski definition) is 3. The summed E-state index contributed by atoms with van der Waals surface area (Å²) in [5.74, 6) is 0.254. The fourth-order valence-corrected chi connectivity index (χ4v) is 2.93. The van der Waals surface area contributed by atoms with Gasteiger partial charge in [0.1, 0.15) is 10.6 Å². The lowest BCUT2D eigenvalue weighted by Crippen LogP contribution is -2.27. The first-order chi connectivity index (χ1) is 9.13. The zero-order valence-corrected chi connectivity index (χ0v) is 12.0. The van der Waals surface area contributed by atoms with E-state index in [-0.39, 0.29) is 5.91 Å². The molecule has 19 heavy (non-hydrogen) atoms. The maximum absolute atomic E-state index is 12.1. The predicted molar refractivity (Wildman–Crippen MR) is 77.5 cm³/mol. The number of nitrogens with zero attached hydrogens (tertiary/aromatic N) is 1. The third-order valence-electron chi connectivity index (χ3n) is 4.19. The summed E-state index contributed by atoms with van der Waals surface area (Å²) in [6, 6.07) is 0.338. The van der Waals surface area contributed by atoms with Gasteiger partial charge in [0.05, 0.1) is 0 Å². The molecule has 4 N–H and O–H groups in total. The smallest absolute Gasteiger partial charge is 0.258 e. The van der Waals surface area contributed by atoms with Crippen molar-refractivity contribution in [1.29, 1.82) is 0 Å². The van der Waals surface area contributed by atoms with Crippen molar-refractivity contribution in [1.82, 2.24) is 9.69 Å². The average Bonchev–Trinajstić information content (AvgIpc) is 3.30. The van der Waals surface area contributed by atoms with Crippen molar-refractivity contribution in [2.24, 2.45) is 5.41 Å². The minimum Gasteiger partial charge on any atom is -0.382 e. The summed E-state index contributed by atoms with van der Waals surface area (Å²) < 4.78 is 4.11. The Balaban J connectivity index is 1.68. The van der Waals surface area contributed by atoms with Crippen LogP contribution < -0.4 is 16.4 Å². The second kappa shape index (κ2) is 4.67. The Morgan fingerprint density at radius 1 is 1.53 bits per heavy atom. The van der Waals surface area contributed by atoms with Crippen LogP contribution in [0.3, 0.4) is 0 Å². The molecule has 1 aromatic heterocycles. The van der Waals surface area contributed by atoms with Gasteiger partial charge in [-0.05, 0) is 49.1 Å². The van der Waals surface area contributed by atoms with Crippen molar-refractivity contribution in [2.75, 3.05) is 17.6 Å². The molecule has 6 heteroatoms. The van der Waals surface area contributed by atoms with E-state index in [0.717, 1.165) is 24.4 Å². The second-order valence-corrected chi connectivity index (χ2v) is 6.50. The molecule has 0 radical (unpaired) electrons. The monoisotopic (exact) mass is 280 g/mol. The molecule has 1 heterocycles. The summed E-state index contributed by atoms with van der Waals surface area (Å²) >= 11 is 1.28. The number of anilines is 2. The zero-order valence-electron chi connectivity index (χ0n) is 11.2. The summed E-state index contributed by atoms with van der Waals surface area (Å²) in [4.78, 5) is 12.1. The van der Waals surface area contributed by atoms with Crippen LogP contribution in [0.4, 0.5) is 10.8 Å². The molecule has 0 aromatic carbocycles. The Bertz CT molecular complexity index is 491. The molecule has 104 valence electrons. The van der Waals surface area contributed by atoms with E-state index in [9.17, 15) is 4.79 Å². The number of nitrogen functional groups attached to an aromatic ring is 1. The third kappa shape index (κ3) is 2.68. The molecule has 2 aliphatic rings. The van der Waals surface area contributed by atoms with E-state index in [4.69, 9.17) is 5.73 Å². The van der Waals surface area contributed by atoms with E-state index in [0.29, 0.717) is 22.8 Å². The lowest BCUT2D eigenvalue weighted by atomic mass is 10.0. The Morgan fingerprint density at radius 3 is 2.84 bits per heavy atom. The molecule has 1 aromatic rings. The quantitative estimate of drug-likeness (QED) is 0.746. The van der Waals surface area contributed by atoms with Crippen LogP contribution in [0.15, 0.2) is 0 Å². The van der Waals surface area contributed by atoms with Crippen LogP contribution in [-0.4, -0.2) is 22.9 Å². The summed E-state index contributed by atoms with van der Waals surface area (Å²) in [5.41, 5.74) is 6.79. The standard InChI is InChI=1S/C13H20N4OS/c1-2-13(5-6-13)7-15-12-9(10(14)17-19-12)11(18)16-8-3-4-8/h8,15H,2-7H2,1H3,(H2,14,17)(H,16,18). The lowest BCUT2D eigenvalue weighted by Gasteiger charge is -2.14. The predicted octanol–water partition coefficient (Wildman–Crippen LogP) is 2.22. The minimum absolute atomic E-state index is 0.0856. The Morgan fingerprint density at radius 2 is 2.26 bits per heavy atom. The van der Waals surface area contributed by atoms with Crippen molar-refractivity contribution in [3.05, 3.63) is 5.56 Å². The number of carbonyl (C=O) groups is 1. The van der Waals surface area contributed by atoms with Gasteiger partial charge in [-0.1, -0.05) is 6.92 Å². The maximum atomic E-state index is 12.1. The maximum Gasteiger partial charge on any atom is 0.258 e. The molecule has 0 spiro atoms. The molecule has 0 saturated heterocycles. The van der Waals surface area contributed by atoms with Gasteiger partial charge in [0.25, 0.3) is 5.91 Å². The fraction of sp³-hybridized carbons (Fsp3) is 0.692. The van der Waals surface area contributed by atoms with Crippen LogP contribution in [0.25, 0.3) is 0 Å². The highest BCUT2D eigenvalue weighted by Gasteiger charge is 2.40. The number of carbonyl (C=O) groups excluding carboxylic acids is 1. The fourth-order valence-electron chi connectivity index (χ4n) is 2.23. The highest BCUT2D eigenvalue weighted by Crippen LogP contribution is 2.48. The van der Waals surface area contributed by atoms with Crippen molar-refractivity contribution in [3.63, 3.8) is 0 Å². The van der Waals surface area contributed by atoms with Crippen molar-refractivity contribution >= 4 is 28.3 Å². The highest BCUT2D eigenvalue weighted by atomic mass is 32.1. The van der Waals surface area contributed by atoms with Gasteiger partial charge in [0, 0.05) is 12.6 Å². The van der Waals surface area contributed by atoms with E-state index in [1.54, 1.807) is 0 Å². The van der Waals surface area contributed by atoms with E-state index >= 15 is 0 Å². The van der Waals surface area contributed by atoms with E-state index < -0.39 is 0 Å². The largest absolute Gasteiger partial charge is 0.382 e. The molecule has 2 saturated carbocycles. The van der Waals surface area contributed by atoms with Gasteiger partial charge in [-0.3, -0.25) is 4.79 Å². The second-order valence-electron chi connectivity index (χ2n) is 5.73. The number of amides is 1. The summed E-state index contributed by atoms with van der Waals surface area (Å²) in [6.07, 6.45) is 5.87. The van der Waals surface area contributed by atoms with Gasteiger partial charge in [0.15, 0.2) is 5.82 Å². The average molecular weight is 280 g/mol. The molecule has 1 amide bonds. The number of nitrogens with one attached hydrogen (secondary N) is 2. The molecule has 0 aliphatic heterocycles. The number of rotatable bonds is 6. The van der Waals surface area contributed by atoms with Gasteiger partial charge in [-0.2, -0.15) is 4.37 Å². The van der Waals surface area contributed by atoms with Gasteiger partial charge in [-0.15, -0.1) is 0 Å². The lowest BCUT2D eigenvalue weighted by molar-refractivity contribution is 0.0953. The molecule has 0 unspecified atom stereocenters. The molecule has 5 nitrogen and oxygen atoms in total. The van der Waals surface area contributed by atoms with Crippen LogP contribution >= 0.6 is 11.5 Å². The van der Waals surface area contributed by atoms with Gasteiger partial charge < -0.3 is 16.4 Å². The Labute approximate surface area is 117 Å². The summed E-state index contributed by atoms with van der Waals surface area (Å²) in [7, 11) is 0. The molecule has 2 aliphatic carbocycles. The molecular formula is C13H20N4OS. The minimum atomic E-state index is -0.0856. The van der Waals surface area contributed by atoms with Gasteiger partial charge >= 0.3 is 0 Å². The molecule has 3 rings (SSSR count). The van der Waals surface area contributed by atoms with Crippen LogP contribution in [0.2, 0.25) is 0 Å². The summed E-state index contributed by atoms with van der Waals surface area (Å²) in [5, 5.41) is 7.16. The van der Waals surface area contributed by atoms with Crippen molar-refractivity contribution in [3.8, 4) is 0 Å². The van der Waals surface area contributed by atoms with E-state index in [1.807, 2.05) is 0 Å². The Hall–Kier alpha value is -1.30. The number of nitrogens with two attached hydrogens (primary N) is 1. The van der Waals surface area contributed by atoms with E-state index in [1.165, 1.54) is 30.8 Å². The van der Waals surface area contributed by atoms with Crippen LogP contribution in [0.1, 0.15) is 49.4 Å².